The summed E-state index contributed by atoms with van der Waals surface area (Å²) >= 11 is 0. The summed E-state index contributed by atoms with van der Waals surface area (Å²) in [5.41, 5.74) is 14.5. The van der Waals surface area contributed by atoms with Crippen LogP contribution in [0.1, 0.15) is 11.1 Å². The number of ether oxygens (including phenoxy) is 1. The van der Waals surface area contributed by atoms with E-state index in [4.69, 9.17) is 10.5 Å². The smallest absolute Gasteiger partial charge is 0.127 e. The predicted octanol–water partition coefficient (Wildman–Crippen LogP) is 6.30. The lowest BCUT2D eigenvalue weighted by molar-refractivity contribution is 0.483. The molecule has 0 bridgehead atoms. The van der Waals surface area contributed by atoms with E-state index >= 15 is 0 Å². The summed E-state index contributed by atoms with van der Waals surface area (Å²) in [4.78, 5) is 0. The van der Waals surface area contributed by atoms with Gasteiger partial charge in [0.15, 0.2) is 0 Å². The van der Waals surface area contributed by atoms with Gasteiger partial charge in [0.25, 0.3) is 0 Å². The van der Waals surface area contributed by atoms with Crippen LogP contribution in [-0.2, 0) is 6.42 Å². The van der Waals surface area contributed by atoms with E-state index in [9.17, 15) is 0 Å². The van der Waals surface area contributed by atoms with E-state index in [1.165, 1.54) is 33.4 Å². The number of hydrogen-bond donors (Lipinski definition) is 1. The number of nitrogen functional groups attached to an aromatic ring is 1. The van der Waals surface area contributed by atoms with Crippen molar-refractivity contribution in [2.24, 2.45) is 0 Å². The Hall–Kier alpha value is -3.52. The molecule has 2 N–H and O–H groups in total. The molecule has 4 aromatic rings. The Morgan fingerprint density at radius 3 is 2.00 bits per heavy atom. The van der Waals surface area contributed by atoms with E-state index in [-0.39, 0.29) is 0 Å². The summed E-state index contributed by atoms with van der Waals surface area (Å²) in [7, 11) is 0. The van der Waals surface area contributed by atoms with Gasteiger partial charge in [0, 0.05) is 5.69 Å². The van der Waals surface area contributed by atoms with Crippen LogP contribution < -0.4 is 10.5 Å². The first kappa shape index (κ1) is 15.7. The highest BCUT2D eigenvalue weighted by Crippen LogP contribution is 2.41. The quantitative estimate of drug-likeness (QED) is 0.388. The fraction of sp³-hybridized carbons (Fsp3) is 0.0400. The fourth-order valence-corrected chi connectivity index (χ4v) is 3.80. The summed E-state index contributed by atoms with van der Waals surface area (Å²) in [6.07, 6.45) is 0.991. The number of rotatable bonds is 3. The van der Waals surface area contributed by atoms with Gasteiger partial charge in [-0.3, -0.25) is 0 Å². The lowest BCUT2D eigenvalue weighted by Crippen LogP contribution is -1.89. The topological polar surface area (TPSA) is 35.2 Å². The predicted molar refractivity (Wildman–Crippen MR) is 111 cm³/mol. The molecule has 0 fully saturated rings. The highest BCUT2D eigenvalue weighted by molar-refractivity contribution is 5.84. The molecule has 0 atom stereocenters. The highest BCUT2D eigenvalue weighted by Gasteiger charge is 2.20. The molecule has 0 saturated carbocycles. The van der Waals surface area contributed by atoms with Crippen LogP contribution in [0.3, 0.4) is 0 Å². The molecule has 27 heavy (non-hydrogen) atoms. The number of hydrogen-bond acceptors (Lipinski definition) is 2. The maximum atomic E-state index is 5.91. The molecule has 0 saturated heterocycles. The average Bonchev–Trinajstić information content (AvgIpc) is 3.09. The van der Waals surface area contributed by atoms with Crippen LogP contribution in [0.25, 0.3) is 22.3 Å². The van der Waals surface area contributed by atoms with Crippen molar-refractivity contribution in [3.63, 3.8) is 0 Å². The minimum absolute atomic E-state index is 0.733. The van der Waals surface area contributed by atoms with Crippen LogP contribution in [0.5, 0.6) is 11.5 Å². The van der Waals surface area contributed by atoms with E-state index in [1.807, 2.05) is 36.4 Å². The summed E-state index contributed by atoms with van der Waals surface area (Å²) in [5, 5.41) is 0. The zero-order valence-electron chi connectivity index (χ0n) is 14.9. The van der Waals surface area contributed by atoms with Crippen LogP contribution >= 0.6 is 0 Å². The first-order valence-corrected chi connectivity index (χ1v) is 9.12. The van der Waals surface area contributed by atoms with E-state index in [0.29, 0.717) is 0 Å². The van der Waals surface area contributed by atoms with Gasteiger partial charge in [-0.25, -0.2) is 0 Å². The van der Waals surface area contributed by atoms with Crippen LogP contribution in [0.15, 0.2) is 91.0 Å². The molecule has 2 heteroatoms. The molecule has 130 valence electrons. The lowest BCUT2D eigenvalue weighted by Gasteiger charge is -2.11. The Kier molecular flexibility index (Phi) is 3.68. The normalized spacial score (nSPS) is 11.7. The minimum Gasteiger partial charge on any atom is -0.457 e. The number of fused-ring (bicyclic) bond motifs is 3. The van der Waals surface area contributed by atoms with Gasteiger partial charge in [-0.2, -0.15) is 0 Å². The van der Waals surface area contributed by atoms with Crippen LogP contribution in [0.2, 0.25) is 0 Å². The van der Waals surface area contributed by atoms with Crippen molar-refractivity contribution in [1.29, 1.82) is 0 Å². The molecule has 0 heterocycles. The fourth-order valence-electron chi connectivity index (χ4n) is 3.80. The second-order valence-electron chi connectivity index (χ2n) is 6.86. The molecule has 4 aromatic carbocycles. The Labute approximate surface area is 158 Å². The number of anilines is 1. The van der Waals surface area contributed by atoms with Gasteiger partial charge in [-0.1, -0.05) is 54.6 Å². The van der Waals surface area contributed by atoms with Crippen molar-refractivity contribution in [2.75, 3.05) is 5.73 Å². The van der Waals surface area contributed by atoms with E-state index in [0.717, 1.165) is 23.6 Å². The Morgan fingerprint density at radius 2 is 1.22 bits per heavy atom. The standard InChI is InChI=1S/C25H19NO/c26-19-10-14-21(15-11-19)27-20-12-8-17(9-13-20)22-6-3-7-24-23-5-2-1-4-18(23)16-25(22)24/h1-15H,16,26H2. The maximum absolute atomic E-state index is 5.91. The first-order chi connectivity index (χ1) is 13.3. The van der Waals surface area contributed by atoms with Gasteiger partial charge in [-0.05, 0) is 76.2 Å². The molecule has 0 aromatic heterocycles. The van der Waals surface area contributed by atoms with E-state index in [2.05, 4.69) is 54.6 Å². The van der Waals surface area contributed by atoms with Crippen molar-refractivity contribution >= 4 is 5.69 Å². The third-order valence-electron chi connectivity index (χ3n) is 5.13. The molecule has 0 amide bonds. The largest absolute Gasteiger partial charge is 0.457 e. The van der Waals surface area contributed by atoms with Gasteiger partial charge in [0.05, 0.1) is 0 Å². The van der Waals surface area contributed by atoms with Crippen LogP contribution in [-0.4, -0.2) is 0 Å². The van der Waals surface area contributed by atoms with Crippen LogP contribution in [0, 0.1) is 0 Å². The number of benzene rings is 4. The summed E-state index contributed by atoms with van der Waals surface area (Å²) in [6.45, 7) is 0. The summed E-state index contributed by atoms with van der Waals surface area (Å²) < 4.78 is 5.91. The highest BCUT2D eigenvalue weighted by atomic mass is 16.5. The molecule has 0 radical (unpaired) electrons. The maximum Gasteiger partial charge on any atom is 0.127 e. The molecule has 0 aliphatic heterocycles. The van der Waals surface area contributed by atoms with Crippen LogP contribution in [0.4, 0.5) is 5.69 Å². The van der Waals surface area contributed by atoms with Gasteiger partial charge < -0.3 is 10.5 Å². The third-order valence-corrected chi connectivity index (χ3v) is 5.13. The molecule has 0 unspecified atom stereocenters. The molecule has 2 nitrogen and oxygen atoms in total. The molecular weight excluding hydrogens is 330 g/mol. The van der Waals surface area contributed by atoms with Gasteiger partial charge in [-0.15, -0.1) is 0 Å². The Bertz CT molecular complexity index is 1110. The van der Waals surface area contributed by atoms with Crippen molar-refractivity contribution in [3.8, 4) is 33.8 Å². The zero-order chi connectivity index (χ0) is 18.2. The van der Waals surface area contributed by atoms with Crippen molar-refractivity contribution in [1.82, 2.24) is 0 Å². The molecule has 1 aliphatic rings. The summed E-state index contributed by atoms with van der Waals surface area (Å²) in [6, 6.07) is 31.0. The van der Waals surface area contributed by atoms with Gasteiger partial charge in [0.1, 0.15) is 11.5 Å². The van der Waals surface area contributed by atoms with Crippen molar-refractivity contribution < 1.29 is 4.74 Å². The van der Waals surface area contributed by atoms with Gasteiger partial charge >= 0.3 is 0 Å². The lowest BCUT2D eigenvalue weighted by atomic mass is 9.96. The number of nitrogens with two attached hydrogens (primary N) is 1. The zero-order valence-corrected chi connectivity index (χ0v) is 14.9. The Morgan fingerprint density at radius 1 is 0.593 bits per heavy atom. The second-order valence-corrected chi connectivity index (χ2v) is 6.86. The molecular formula is C25H19NO. The van der Waals surface area contributed by atoms with Crippen molar-refractivity contribution in [3.05, 3.63) is 102 Å². The van der Waals surface area contributed by atoms with E-state index in [1.54, 1.807) is 0 Å². The van der Waals surface area contributed by atoms with E-state index < -0.39 is 0 Å². The first-order valence-electron chi connectivity index (χ1n) is 9.12. The molecule has 5 rings (SSSR count). The summed E-state index contributed by atoms with van der Waals surface area (Å²) in [5.74, 6) is 1.60. The molecule has 1 aliphatic carbocycles. The van der Waals surface area contributed by atoms with Gasteiger partial charge in [0.2, 0.25) is 0 Å². The average molecular weight is 349 g/mol. The SMILES string of the molecule is Nc1ccc(Oc2ccc(-c3cccc4c3Cc3ccccc3-4)cc2)cc1. The molecule has 0 spiro atoms. The monoisotopic (exact) mass is 349 g/mol. The minimum atomic E-state index is 0.733. The van der Waals surface area contributed by atoms with Crippen molar-refractivity contribution in [2.45, 2.75) is 6.42 Å². The second kappa shape index (κ2) is 6.33. The third kappa shape index (κ3) is 2.85. The Balaban J connectivity index is 1.46.